The molecular formula is C11H14N2O6S. The van der Waals surface area contributed by atoms with Gasteiger partial charge in [-0.3, -0.25) is 10.1 Å². The molecule has 0 saturated carbocycles. The van der Waals surface area contributed by atoms with Gasteiger partial charge in [0.25, 0.3) is 5.69 Å². The molecule has 1 aliphatic heterocycles. The summed E-state index contributed by atoms with van der Waals surface area (Å²) in [6.07, 6.45) is -0.370. The lowest BCUT2D eigenvalue weighted by Gasteiger charge is -2.17. The molecule has 1 aromatic carbocycles. The van der Waals surface area contributed by atoms with Crippen LogP contribution in [0.5, 0.6) is 5.75 Å². The van der Waals surface area contributed by atoms with Gasteiger partial charge in [-0.25, -0.2) is 8.42 Å². The first-order chi connectivity index (χ1) is 9.36. The monoisotopic (exact) mass is 302 g/mol. The van der Waals surface area contributed by atoms with Crippen LogP contribution in [0.3, 0.4) is 0 Å². The van der Waals surface area contributed by atoms with Crippen molar-refractivity contribution in [2.45, 2.75) is 17.4 Å². The van der Waals surface area contributed by atoms with Crippen LogP contribution in [0.4, 0.5) is 5.69 Å². The van der Waals surface area contributed by atoms with E-state index >= 15 is 0 Å². The molecule has 1 saturated heterocycles. The second kappa shape index (κ2) is 5.35. The Morgan fingerprint density at radius 2 is 2.20 bits per heavy atom. The number of non-ortho nitro benzene ring substituents is 1. The van der Waals surface area contributed by atoms with Crippen LogP contribution in [0.1, 0.15) is 6.42 Å². The molecule has 1 fully saturated rings. The molecule has 8 nitrogen and oxygen atoms in total. The predicted molar refractivity (Wildman–Crippen MR) is 69.0 cm³/mol. The van der Waals surface area contributed by atoms with Crippen LogP contribution in [0.15, 0.2) is 23.1 Å². The molecular weight excluding hydrogens is 288 g/mol. The summed E-state index contributed by atoms with van der Waals surface area (Å²) in [4.78, 5) is 9.84. The minimum atomic E-state index is -3.93. The number of aliphatic hydroxyl groups is 1. The van der Waals surface area contributed by atoms with Gasteiger partial charge in [0.2, 0.25) is 10.0 Å². The van der Waals surface area contributed by atoms with Crippen LogP contribution in [0.2, 0.25) is 0 Å². The number of hydrogen-bond acceptors (Lipinski definition) is 6. The van der Waals surface area contributed by atoms with Gasteiger partial charge in [-0.05, 0) is 12.5 Å². The first-order valence-corrected chi connectivity index (χ1v) is 7.31. The summed E-state index contributed by atoms with van der Waals surface area (Å²) in [6.45, 7) is 0.156. The van der Waals surface area contributed by atoms with E-state index in [-0.39, 0.29) is 29.4 Å². The molecule has 0 unspecified atom stereocenters. The molecule has 1 aromatic rings. The molecule has 20 heavy (non-hydrogen) atoms. The van der Waals surface area contributed by atoms with Gasteiger partial charge in [-0.2, -0.15) is 4.31 Å². The van der Waals surface area contributed by atoms with E-state index in [2.05, 4.69) is 0 Å². The fourth-order valence-electron chi connectivity index (χ4n) is 2.05. The zero-order valence-electron chi connectivity index (χ0n) is 10.7. The van der Waals surface area contributed by atoms with Gasteiger partial charge in [0.1, 0.15) is 10.6 Å². The number of hydrogen-bond donors (Lipinski definition) is 1. The van der Waals surface area contributed by atoms with Crippen molar-refractivity contribution >= 4 is 15.7 Å². The number of rotatable bonds is 4. The summed E-state index contributed by atoms with van der Waals surface area (Å²) in [5.41, 5.74) is -0.330. The summed E-state index contributed by atoms with van der Waals surface area (Å²) >= 11 is 0. The van der Waals surface area contributed by atoms with Gasteiger partial charge in [-0.15, -0.1) is 0 Å². The third-order valence-electron chi connectivity index (χ3n) is 3.10. The maximum Gasteiger partial charge on any atom is 0.271 e. The standard InChI is InChI=1S/C11H14N2O6S/c1-19-10-3-2-8(13(15)16)6-11(10)20(17,18)12-5-4-9(14)7-12/h2-3,6,9,14H,4-5,7H2,1H3/t9-/m1/s1. The molecule has 0 radical (unpaired) electrons. The Balaban J connectivity index is 2.49. The molecule has 0 aromatic heterocycles. The van der Waals surface area contributed by atoms with Crippen molar-refractivity contribution in [1.29, 1.82) is 0 Å². The van der Waals surface area contributed by atoms with E-state index < -0.39 is 21.1 Å². The van der Waals surface area contributed by atoms with Gasteiger partial charge < -0.3 is 9.84 Å². The highest BCUT2D eigenvalue weighted by Crippen LogP contribution is 2.31. The Bertz CT molecular complexity index is 630. The quantitative estimate of drug-likeness (QED) is 0.635. The number of β-amino-alcohol motifs (C(OH)–C–C–N with tert-alkyl or cyclic N) is 1. The lowest BCUT2D eigenvalue weighted by molar-refractivity contribution is -0.385. The van der Waals surface area contributed by atoms with E-state index in [0.29, 0.717) is 6.42 Å². The smallest absolute Gasteiger partial charge is 0.271 e. The van der Waals surface area contributed by atoms with Crippen molar-refractivity contribution in [3.8, 4) is 5.75 Å². The molecule has 0 spiro atoms. The number of benzene rings is 1. The van der Waals surface area contributed by atoms with E-state index in [4.69, 9.17) is 4.74 Å². The number of nitro benzene ring substituents is 1. The van der Waals surface area contributed by atoms with Gasteiger partial charge >= 0.3 is 0 Å². The molecule has 0 amide bonds. The molecule has 1 N–H and O–H groups in total. The zero-order chi connectivity index (χ0) is 14.9. The molecule has 110 valence electrons. The van der Waals surface area contributed by atoms with Crippen LogP contribution in [0.25, 0.3) is 0 Å². The third-order valence-corrected chi connectivity index (χ3v) is 4.99. The van der Waals surface area contributed by atoms with E-state index in [1.165, 1.54) is 19.2 Å². The number of nitrogens with zero attached hydrogens (tertiary/aromatic N) is 2. The number of nitro groups is 1. The Kier molecular flexibility index (Phi) is 3.93. The fraction of sp³-hybridized carbons (Fsp3) is 0.455. The highest BCUT2D eigenvalue weighted by molar-refractivity contribution is 7.89. The summed E-state index contributed by atoms with van der Waals surface area (Å²) in [5, 5.41) is 20.2. The number of ether oxygens (including phenoxy) is 1. The van der Waals surface area contributed by atoms with Crippen LogP contribution in [0, 0.1) is 10.1 Å². The lowest BCUT2D eigenvalue weighted by atomic mass is 10.3. The van der Waals surface area contributed by atoms with Crippen molar-refractivity contribution in [2.75, 3.05) is 20.2 Å². The highest BCUT2D eigenvalue weighted by Gasteiger charge is 2.34. The predicted octanol–water partition coefficient (Wildman–Crippen LogP) is 0.359. The first-order valence-electron chi connectivity index (χ1n) is 5.87. The average Bonchev–Trinajstić information content (AvgIpc) is 2.85. The maximum absolute atomic E-state index is 12.4. The normalized spacial score (nSPS) is 20.0. The van der Waals surface area contributed by atoms with Crippen LogP contribution in [-0.4, -0.2) is 49.1 Å². The molecule has 0 aliphatic carbocycles. The molecule has 2 rings (SSSR count). The molecule has 0 bridgehead atoms. The Labute approximate surface area is 115 Å². The van der Waals surface area contributed by atoms with Crippen LogP contribution < -0.4 is 4.74 Å². The summed E-state index contributed by atoms with van der Waals surface area (Å²) in [7, 11) is -2.64. The highest BCUT2D eigenvalue weighted by atomic mass is 32.2. The summed E-state index contributed by atoms with van der Waals surface area (Å²) < 4.78 is 31.0. The third kappa shape index (κ3) is 2.60. The van der Waals surface area contributed by atoms with Gasteiger partial charge in [0.05, 0.1) is 18.1 Å². The molecule has 1 atom stereocenters. The van der Waals surface area contributed by atoms with Gasteiger partial charge in [-0.1, -0.05) is 0 Å². The largest absolute Gasteiger partial charge is 0.495 e. The topological polar surface area (TPSA) is 110 Å². The number of sulfonamides is 1. The Hall–Kier alpha value is -1.71. The summed E-state index contributed by atoms with van der Waals surface area (Å²) in [6, 6.07) is 3.40. The van der Waals surface area contributed by atoms with E-state index in [9.17, 15) is 23.6 Å². The zero-order valence-corrected chi connectivity index (χ0v) is 11.5. The Morgan fingerprint density at radius 1 is 1.50 bits per heavy atom. The SMILES string of the molecule is COc1ccc([N+](=O)[O-])cc1S(=O)(=O)N1CC[C@@H](O)C1. The van der Waals surface area contributed by atoms with Crippen molar-refractivity contribution in [3.05, 3.63) is 28.3 Å². The van der Waals surface area contributed by atoms with Crippen molar-refractivity contribution in [1.82, 2.24) is 4.31 Å². The van der Waals surface area contributed by atoms with Crippen molar-refractivity contribution < 1.29 is 23.2 Å². The van der Waals surface area contributed by atoms with Crippen LogP contribution >= 0.6 is 0 Å². The van der Waals surface area contributed by atoms with Crippen molar-refractivity contribution in [2.24, 2.45) is 0 Å². The second-order valence-electron chi connectivity index (χ2n) is 4.40. The minimum absolute atomic E-state index is 0.0197. The molecule has 1 heterocycles. The molecule has 1 aliphatic rings. The minimum Gasteiger partial charge on any atom is -0.495 e. The number of aliphatic hydroxyl groups excluding tert-OH is 1. The Morgan fingerprint density at radius 3 is 2.70 bits per heavy atom. The average molecular weight is 302 g/mol. The fourth-order valence-corrected chi connectivity index (χ4v) is 3.72. The van der Waals surface area contributed by atoms with Gasteiger partial charge in [0, 0.05) is 25.2 Å². The first kappa shape index (κ1) is 14.7. The molecule has 9 heteroatoms. The van der Waals surface area contributed by atoms with E-state index in [0.717, 1.165) is 10.4 Å². The maximum atomic E-state index is 12.4. The summed E-state index contributed by atoms with van der Waals surface area (Å²) in [5.74, 6) is 0.0389. The van der Waals surface area contributed by atoms with Gasteiger partial charge in [0.15, 0.2) is 0 Å². The second-order valence-corrected chi connectivity index (χ2v) is 6.30. The van der Waals surface area contributed by atoms with Crippen molar-refractivity contribution in [3.63, 3.8) is 0 Å². The lowest BCUT2D eigenvalue weighted by Crippen LogP contribution is -2.30. The van der Waals surface area contributed by atoms with E-state index in [1.807, 2.05) is 0 Å². The number of methoxy groups -OCH3 is 1. The van der Waals surface area contributed by atoms with Crippen LogP contribution in [-0.2, 0) is 10.0 Å². The van der Waals surface area contributed by atoms with E-state index in [1.54, 1.807) is 0 Å².